The number of esters is 1. The summed E-state index contributed by atoms with van der Waals surface area (Å²) < 4.78 is 4.79. The summed E-state index contributed by atoms with van der Waals surface area (Å²) >= 11 is 0. The van der Waals surface area contributed by atoms with Crippen LogP contribution in [0.2, 0.25) is 0 Å². The predicted molar refractivity (Wildman–Crippen MR) is 51.9 cm³/mol. The molecule has 0 unspecified atom stereocenters. The lowest BCUT2D eigenvalue weighted by molar-refractivity contribution is -0.146. The minimum Gasteiger partial charge on any atom is -0.421 e. The van der Waals surface area contributed by atoms with Gasteiger partial charge in [0.15, 0.2) is 0 Å². The molecule has 0 atom stereocenters. The van der Waals surface area contributed by atoms with Crippen molar-refractivity contribution < 1.29 is 14.3 Å². The van der Waals surface area contributed by atoms with Gasteiger partial charge in [-0.25, -0.2) is 4.79 Å². The molecule has 0 N–H and O–H groups in total. The van der Waals surface area contributed by atoms with Gasteiger partial charge in [-0.15, -0.1) is 6.58 Å². The van der Waals surface area contributed by atoms with Gasteiger partial charge in [-0.3, -0.25) is 4.79 Å². The highest BCUT2D eigenvalue weighted by Crippen LogP contribution is 2.08. The second kappa shape index (κ2) is 4.97. The molecule has 0 fully saturated rings. The Labute approximate surface area is 82.0 Å². The maximum absolute atomic E-state index is 11.1. The van der Waals surface area contributed by atoms with Crippen molar-refractivity contribution >= 4 is 11.8 Å². The van der Waals surface area contributed by atoms with Crippen molar-refractivity contribution in [1.82, 2.24) is 0 Å². The van der Waals surface area contributed by atoms with Crippen molar-refractivity contribution in [1.29, 1.82) is 0 Å². The molecule has 0 aromatic heterocycles. The number of benzene rings is 1. The number of ether oxygens (including phenoxy) is 1. The van der Waals surface area contributed by atoms with E-state index in [-0.39, 0.29) is 6.42 Å². The van der Waals surface area contributed by atoms with Crippen LogP contribution in [0.25, 0.3) is 0 Å². The summed E-state index contributed by atoms with van der Waals surface area (Å²) in [5.41, 5.74) is 0. The fourth-order valence-corrected chi connectivity index (χ4v) is 0.867. The van der Waals surface area contributed by atoms with E-state index < -0.39 is 11.8 Å². The van der Waals surface area contributed by atoms with Crippen molar-refractivity contribution in [2.75, 3.05) is 0 Å². The lowest BCUT2D eigenvalue weighted by atomic mass is 10.3. The average Bonchev–Trinajstić information content (AvgIpc) is 2.19. The van der Waals surface area contributed by atoms with E-state index in [1.807, 2.05) is 0 Å². The smallest absolute Gasteiger partial charge is 0.380 e. The molecule has 1 aromatic rings. The summed E-state index contributed by atoms with van der Waals surface area (Å²) in [5, 5.41) is 0. The first-order chi connectivity index (χ1) is 6.74. The Hall–Kier alpha value is -1.90. The Bertz CT molecular complexity index is 341. The molecule has 0 aliphatic carbocycles. The average molecular weight is 190 g/mol. The Morgan fingerprint density at radius 3 is 2.50 bits per heavy atom. The summed E-state index contributed by atoms with van der Waals surface area (Å²) in [6.07, 6.45) is 1.38. The third kappa shape index (κ3) is 2.86. The van der Waals surface area contributed by atoms with Gasteiger partial charge in [0.05, 0.1) is 0 Å². The van der Waals surface area contributed by atoms with E-state index in [0.717, 1.165) is 0 Å². The first kappa shape index (κ1) is 10.2. The normalized spacial score (nSPS) is 9.14. The summed E-state index contributed by atoms with van der Waals surface area (Å²) in [7, 11) is 0. The van der Waals surface area contributed by atoms with Crippen LogP contribution in [0.4, 0.5) is 0 Å². The van der Waals surface area contributed by atoms with Crippen molar-refractivity contribution in [3.63, 3.8) is 0 Å². The molecule has 0 amide bonds. The van der Waals surface area contributed by atoms with Crippen molar-refractivity contribution in [2.24, 2.45) is 0 Å². The van der Waals surface area contributed by atoms with Crippen molar-refractivity contribution in [3.05, 3.63) is 43.0 Å². The van der Waals surface area contributed by atoms with E-state index in [0.29, 0.717) is 5.75 Å². The van der Waals surface area contributed by atoms with E-state index in [1.54, 1.807) is 30.3 Å². The second-order valence-electron chi connectivity index (χ2n) is 2.62. The monoisotopic (exact) mass is 190 g/mol. The van der Waals surface area contributed by atoms with E-state index in [4.69, 9.17) is 4.74 Å². The molecule has 0 aliphatic rings. The Balaban J connectivity index is 2.57. The summed E-state index contributed by atoms with van der Waals surface area (Å²) in [5.74, 6) is -1.07. The Morgan fingerprint density at radius 2 is 1.93 bits per heavy atom. The van der Waals surface area contributed by atoms with Gasteiger partial charge in [0.1, 0.15) is 5.75 Å². The van der Waals surface area contributed by atoms with Crippen LogP contribution in [0, 0.1) is 0 Å². The molecule has 3 nitrogen and oxygen atoms in total. The van der Waals surface area contributed by atoms with E-state index in [9.17, 15) is 9.59 Å². The van der Waals surface area contributed by atoms with Crippen LogP contribution >= 0.6 is 0 Å². The molecule has 0 saturated carbocycles. The maximum atomic E-state index is 11.1. The number of allylic oxidation sites excluding steroid dienone is 1. The van der Waals surface area contributed by atoms with Gasteiger partial charge >= 0.3 is 5.97 Å². The Kier molecular flexibility index (Phi) is 3.61. The van der Waals surface area contributed by atoms with Gasteiger partial charge in [0, 0.05) is 6.42 Å². The number of hydrogen-bond acceptors (Lipinski definition) is 3. The minimum atomic E-state index is -0.851. The molecule has 14 heavy (non-hydrogen) atoms. The highest BCUT2D eigenvalue weighted by atomic mass is 16.5. The van der Waals surface area contributed by atoms with Crippen LogP contribution in [-0.2, 0) is 9.59 Å². The lowest BCUT2D eigenvalue weighted by Crippen LogP contribution is -2.19. The number of para-hydroxylation sites is 1. The second-order valence-corrected chi connectivity index (χ2v) is 2.62. The molecule has 1 rings (SSSR count). The van der Waals surface area contributed by atoms with Crippen molar-refractivity contribution in [2.45, 2.75) is 6.42 Å². The Morgan fingerprint density at radius 1 is 1.29 bits per heavy atom. The third-order valence-electron chi connectivity index (χ3n) is 1.51. The molecule has 1 aromatic carbocycles. The topological polar surface area (TPSA) is 43.4 Å². The number of hydrogen-bond donors (Lipinski definition) is 0. The standard InChI is InChI=1S/C11H10O3/c1-2-6-10(12)11(13)14-9-7-4-3-5-8-9/h2-5,7-8H,1,6H2. The van der Waals surface area contributed by atoms with E-state index in [1.165, 1.54) is 6.08 Å². The molecule has 0 spiro atoms. The highest BCUT2D eigenvalue weighted by Gasteiger charge is 2.13. The van der Waals surface area contributed by atoms with Gasteiger partial charge < -0.3 is 4.74 Å². The molecule has 0 heterocycles. The number of Topliss-reactive ketones (excluding diaryl/α,β-unsaturated/α-hetero) is 1. The first-order valence-electron chi connectivity index (χ1n) is 4.15. The first-order valence-corrected chi connectivity index (χ1v) is 4.15. The highest BCUT2D eigenvalue weighted by molar-refractivity contribution is 6.34. The number of rotatable bonds is 4. The minimum absolute atomic E-state index is 0.00562. The molecular formula is C11H10O3. The van der Waals surface area contributed by atoms with Gasteiger partial charge in [0.25, 0.3) is 0 Å². The fourth-order valence-electron chi connectivity index (χ4n) is 0.867. The molecule has 0 radical (unpaired) electrons. The zero-order chi connectivity index (χ0) is 10.4. The largest absolute Gasteiger partial charge is 0.421 e. The van der Waals surface area contributed by atoms with Crippen molar-refractivity contribution in [3.8, 4) is 5.75 Å². The van der Waals surface area contributed by atoms with E-state index in [2.05, 4.69) is 6.58 Å². The molecule has 0 saturated heterocycles. The van der Waals surface area contributed by atoms with Gasteiger partial charge in [-0.1, -0.05) is 24.3 Å². The van der Waals surface area contributed by atoms with Crippen LogP contribution in [0.5, 0.6) is 5.75 Å². The zero-order valence-corrected chi connectivity index (χ0v) is 7.60. The molecule has 72 valence electrons. The van der Waals surface area contributed by atoms with Crippen LogP contribution in [0.3, 0.4) is 0 Å². The predicted octanol–water partition coefficient (Wildman–Crippen LogP) is 1.74. The zero-order valence-electron chi connectivity index (χ0n) is 7.60. The molecule has 3 heteroatoms. The van der Waals surface area contributed by atoms with Crippen LogP contribution in [0.1, 0.15) is 6.42 Å². The lowest BCUT2D eigenvalue weighted by Gasteiger charge is -2.00. The fraction of sp³-hybridized carbons (Fsp3) is 0.0909. The van der Waals surface area contributed by atoms with Gasteiger partial charge in [0.2, 0.25) is 5.78 Å². The van der Waals surface area contributed by atoms with Crippen LogP contribution in [0.15, 0.2) is 43.0 Å². The quantitative estimate of drug-likeness (QED) is 0.314. The number of carbonyl (C=O) groups is 2. The van der Waals surface area contributed by atoms with E-state index >= 15 is 0 Å². The van der Waals surface area contributed by atoms with Crippen LogP contribution in [-0.4, -0.2) is 11.8 Å². The SMILES string of the molecule is C=CCC(=O)C(=O)Oc1ccccc1. The van der Waals surface area contributed by atoms with Crippen LogP contribution < -0.4 is 4.74 Å². The summed E-state index contributed by atoms with van der Waals surface area (Å²) in [4.78, 5) is 22.1. The van der Waals surface area contributed by atoms with Gasteiger partial charge in [-0.2, -0.15) is 0 Å². The summed E-state index contributed by atoms with van der Waals surface area (Å²) in [6, 6.07) is 8.46. The number of ketones is 1. The maximum Gasteiger partial charge on any atom is 0.380 e. The molecule has 0 bridgehead atoms. The molecular weight excluding hydrogens is 180 g/mol. The van der Waals surface area contributed by atoms with Gasteiger partial charge in [-0.05, 0) is 12.1 Å². The third-order valence-corrected chi connectivity index (χ3v) is 1.51. The summed E-state index contributed by atoms with van der Waals surface area (Å²) in [6.45, 7) is 3.36. The number of carbonyl (C=O) groups excluding carboxylic acids is 2. The molecule has 0 aliphatic heterocycles.